The van der Waals surface area contributed by atoms with E-state index in [9.17, 15) is 9.59 Å². The molecule has 0 bridgehead atoms. The van der Waals surface area contributed by atoms with Crippen molar-refractivity contribution in [3.8, 4) is 5.75 Å². The molecule has 148 valence electrons. The number of rotatable bonds is 5. The number of hydrogen-bond acceptors (Lipinski definition) is 4. The molecule has 6 nitrogen and oxygen atoms in total. The number of methoxy groups -OCH3 is 1. The Bertz CT molecular complexity index is 844. The van der Waals surface area contributed by atoms with Gasteiger partial charge in [-0.25, -0.2) is 0 Å². The van der Waals surface area contributed by atoms with Crippen LogP contribution < -0.4 is 15.0 Å². The molecule has 0 saturated carbocycles. The molecule has 6 heteroatoms. The van der Waals surface area contributed by atoms with Crippen molar-refractivity contribution in [2.24, 2.45) is 0 Å². The zero-order chi connectivity index (χ0) is 20.1. The summed E-state index contributed by atoms with van der Waals surface area (Å²) in [7, 11) is 1.66. The molecule has 0 aromatic heterocycles. The Kier molecular flexibility index (Phi) is 6.19. The molecular weight excluding hydrogens is 354 g/mol. The molecule has 1 atom stereocenters. The topological polar surface area (TPSA) is 61.9 Å². The highest BCUT2D eigenvalue weighted by Crippen LogP contribution is 2.28. The highest BCUT2D eigenvalue weighted by atomic mass is 16.5. The quantitative estimate of drug-likeness (QED) is 0.864. The number of aryl methyl sites for hydroxylation is 1. The first-order chi connectivity index (χ1) is 13.5. The summed E-state index contributed by atoms with van der Waals surface area (Å²) in [6.45, 7) is 6.35. The number of benzene rings is 2. The number of anilines is 1. The third kappa shape index (κ3) is 4.44. The number of piperazine rings is 1. The average Bonchev–Trinajstić information content (AvgIpc) is 2.73. The van der Waals surface area contributed by atoms with Crippen molar-refractivity contribution in [2.75, 3.05) is 38.2 Å². The van der Waals surface area contributed by atoms with Crippen LogP contribution in [0.2, 0.25) is 0 Å². The number of amides is 2. The largest absolute Gasteiger partial charge is 0.495 e. The second-order valence-electron chi connectivity index (χ2n) is 7.05. The Balaban J connectivity index is 1.56. The van der Waals surface area contributed by atoms with E-state index in [1.54, 1.807) is 20.1 Å². The Hall–Kier alpha value is -3.02. The van der Waals surface area contributed by atoms with E-state index in [2.05, 4.69) is 10.2 Å². The second kappa shape index (κ2) is 8.78. The minimum Gasteiger partial charge on any atom is -0.495 e. The summed E-state index contributed by atoms with van der Waals surface area (Å²) in [5, 5.41) is 2.82. The molecule has 1 aliphatic rings. The molecule has 0 aliphatic carbocycles. The fraction of sp³-hybridized carbons (Fsp3) is 0.364. The van der Waals surface area contributed by atoms with Gasteiger partial charge in [0, 0.05) is 31.7 Å². The van der Waals surface area contributed by atoms with Gasteiger partial charge in [-0.2, -0.15) is 0 Å². The number of nitrogens with one attached hydrogen (secondary N) is 1. The first-order valence-electron chi connectivity index (χ1n) is 9.54. The zero-order valence-corrected chi connectivity index (χ0v) is 16.6. The van der Waals surface area contributed by atoms with Gasteiger partial charge in [-0.3, -0.25) is 9.59 Å². The summed E-state index contributed by atoms with van der Waals surface area (Å²) in [4.78, 5) is 29.2. The molecule has 28 heavy (non-hydrogen) atoms. The summed E-state index contributed by atoms with van der Waals surface area (Å²) in [5.41, 5.74) is 2.62. The predicted octanol–water partition coefficient (Wildman–Crippen LogP) is 2.47. The number of nitrogens with zero attached hydrogens (tertiary/aromatic N) is 2. The van der Waals surface area contributed by atoms with Gasteiger partial charge >= 0.3 is 0 Å². The summed E-state index contributed by atoms with van der Waals surface area (Å²) in [5.74, 6) is 0.555. The normalized spacial score (nSPS) is 15.1. The van der Waals surface area contributed by atoms with E-state index < -0.39 is 6.04 Å². The average molecular weight is 381 g/mol. The van der Waals surface area contributed by atoms with Gasteiger partial charge in [0.1, 0.15) is 11.8 Å². The van der Waals surface area contributed by atoms with Crippen LogP contribution in [0, 0.1) is 6.92 Å². The van der Waals surface area contributed by atoms with Crippen molar-refractivity contribution in [1.29, 1.82) is 0 Å². The highest BCUT2D eigenvalue weighted by Gasteiger charge is 2.27. The van der Waals surface area contributed by atoms with Crippen LogP contribution in [-0.2, 0) is 4.79 Å². The van der Waals surface area contributed by atoms with Crippen molar-refractivity contribution >= 4 is 17.5 Å². The van der Waals surface area contributed by atoms with Crippen LogP contribution in [0.3, 0.4) is 0 Å². The molecule has 2 amide bonds. The van der Waals surface area contributed by atoms with E-state index in [1.165, 1.54) is 0 Å². The monoisotopic (exact) mass is 381 g/mol. The number of carbonyl (C=O) groups is 2. The molecule has 0 radical (unpaired) electrons. The molecule has 1 heterocycles. The maximum Gasteiger partial charge on any atom is 0.251 e. The molecule has 0 unspecified atom stereocenters. The number of ether oxygens (including phenoxy) is 1. The fourth-order valence-corrected chi connectivity index (χ4v) is 3.46. The third-order valence-electron chi connectivity index (χ3n) is 5.02. The standard InChI is InChI=1S/C22H27N3O3/c1-16-7-6-8-18(15-16)21(26)23-17(2)22(27)25-13-11-24(12-14-25)19-9-4-5-10-20(19)28-3/h4-10,15,17H,11-14H2,1-3H3,(H,23,26)/t17-/m1/s1. The molecule has 2 aromatic rings. The van der Waals surface area contributed by atoms with Crippen molar-refractivity contribution in [3.63, 3.8) is 0 Å². The molecule has 3 rings (SSSR count). The Labute approximate surface area is 166 Å². The number of hydrogen-bond donors (Lipinski definition) is 1. The van der Waals surface area contributed by atoms with Crippen molar-refractivity contribution < 1.29 is 14.3 Å². The van der Waals surface area contributed by atoms with Crippen molar-refractivity contribution in [2.45, 2.75) is 19.9 Å². The molecule has 1 saturated heterocycles. The molecule has 1 fully saturated rings. The van der Waals surface area contributed by atoms with E-state index in [4.69, 9.17) is 4.74 Å². The summed E-state index contributed by atoms with van der Waals surface area (Å²) >= 11 is 0. The first kappa shape index (κ1) is 19.7. The van der Waals surface area contributed by atoms with Gasteiger partial charge in [0.2, 0.25) is 5.91 Å². The van der Waals surface area contributed by atoms with Crippen LogP contribution in [0.5, 0.6) is 5.75 Å². The maximum atomic E-state index is 12.8. The smallest absolute Gasteiger partial charge is 0.251 e. The van der Waals surface area contributed by atoms with Crippen LogP contribution in [0.4, 0.5) is 5.69 Å². The predicted molar refractivity (Wildman–Crippen MR) is 110 cm³/mol. The lowest BCUT2D eigenvalue weighted by Crippen LogP contribution is -2.54. The Morgan fingerprint density at radius 3 is 2.43 bits per heavy atom. The van der Waals surface area contributed by atoms with Crippen molar-refractivity contribution in [3.05, 3.63) is 59.7 Å². The minimum absolute atomic E-state index is 0.0549. The number of para-hydroxylation sites is 2. The van der Waals surface area contributed by atoms with E-state index in [1.807, 2.05) is 54.3 Å². The van der Waals surface area contributed by atoms with Crippen LogP contribution in [0.15, 0.2) is 48.5 Å². The summed E-state index contributed by atoms with van der Waals surface area (Å²) in [6.07, 6.45) is 0. The second-order valence-corrected chi connectivity index (χ2v) is 7.05. The van der Waals surface area contributed by atoms with E-state index in [0.717, 1.165) is 30.1 Å². The van der Waals surface area contributed by atoms with Crippen LogP contribution >= 0.6 is 0 Å². The van der Waals surface area contributed by atoms with Crippen LogP contribution in [0.1, 0.15) is 22.8 Å². The summed E-state index contributed by atoms with van der Waals surface area (Å²) < 4.78 is 5.44. The van der Waals surface area contributed by atoms with Gasteiger partial charge in [-0.1, -0.05) is 29.8 Å². The van der Waals surface area contributed by atoms with E-state index in [0.29, 0.717) is 18.7 Å². The SMILES string of the molecule is COc1ccccc1N1CCN(C(=O)[C@@H](C)NC(=O)c2cccc(C)c2)CC1. The van der Waals surface area contributed by atoms with Gasteiger partial charge in [0.05, 0.1) is 12.8 Å². The van der Waals surface area contributed by atoms with Crippen LogP contribution in [0.25, 0.3) is 0 Å². The first-order valence-corrected chi connectivity index (χ1v) is 9.54. The molecular formula is C22H27N3O3. The van der Waals surface area contributed by atoms with E-state index in [-0.39, 0.29) is 11.8 Å². The number of carbonyl (C=O) groups excluding carboxylic acids is 2. The van der Waals surface area contributed by atoms with Crippen LogP contribution in [-0.4, -0.2) is 56.0 Å². The molecule has 2 aromatic carbocycles. The Morgan fingerprint density at radius 2 is 1.75 bits per heavy atom. The van der Waals surface area contributed by atoms with Gasteiger partial charge in [0.25, 0.3) is 5.91 Å². The lowest BCUT2D eigenvalue weighted by molar-refractivity contribution is -0.133. The third-order valence-corrected chi connectivity index (χ3v) is 5.02. The fourth-order valence-electron chi connectivity index (χ4n) is 3.46. The maximum absolute atomic E-state index is 12.8. The zero-order valence-electron chi connectivity index (χ0n) is 16.6. The van der Waals surface area contributed by atoms with Gasteiger partial charge in [-0.15, -0.1) is 0 Å². The lowest BCUT2D eigenvalue weighted by Gasteiger charge is -2.37. The lowest BCUT2D eigenvalue weighted by atomic mass is 10.1. The minimum atomic E-state index is -0.564. The molecule has 0 spiro atoms. The summed E-state index contributed by atoms with van der Waals surface area (Å²) in [6, 6.07) is 14.7. The molecule has 1 aliphatic heterocycles. The van der Waals surface area contributed by atoms with Gasteiger partial charge in [0.15, 0.2) is 0 Å². The van der Waals surface area contributed by atoms with Gasteiger partial charge < -0.3 is 19.9 Å². The molecule has 1 N–H and O–H groups in total. The van der Waals surface area contributed by atoms with Gasteiger partial charge in [-0.05, 0) is 38.1 Å². The Morgan fingerprint density at radius 1 is 1.04 bits per heavy atom. The van der Waals surface area contributed by atoms with E-state index >= 15 is 0 Å². The van der Waals surface area contributed by atoms with Crippen molar-refractivity contribution in [1.82, 2.24) is 10.2 Å². The highest BCUT2D eigenvalue weighted by molar-refractivity contribution is 5.97.